The van der Waals surface area contributed by atoms with Crippen LogP contribution < -0.4 is 10.6 Å². The van der Waals surface area contributed by atoms with Crippen LogP contribution in [-0.4, -0.2) is 16.8 Å². The Morgan fingerprint density at radius 1 is 1.23 bits per heavy atom. The highest BCUT2D eigenvalue weighted by Crippen LogP contribution is 2.23. The monoisotopic (exact) mass is 369 g/mol. The molecule has 6 heteroatoms. The lowest BCUT2D eigenvalue weighted by molar-refractivity contribution is -0.116. The largest absolute Gasteiger partial charge is 0.346 e. The Hall–Kier alpha value is -2.66. The van der Waals surface area contributed by atoms with Gasteiger partial charge in [-0.25, -0.2) is 0 Å². The molecule has 0 fully saturated rings. The normalized spacial score (nSPS) is 15.7. The van der Waals surface area contributed by atoms with Crippen LogP contribution in [-0.2, 0) is 11.3 Å². The minimum absolute atomic E-state index is 0.0510. The maximum atomic E-state index is 12.3. The van der Waals surface area contributed by atoms with Crippen LogP contribution in [0.5, 0.6) is 0 Å². The number of rotatable bonds is 6. The van der Waals surface area contributed by atoms with Crippen molar-refractivity contribution in [2.24, 2.45) is 5.92 Å². The molecule has 2 N–H and O–H groups in total. The van der Waals surface area contributed by atoms with Gasteiger partial charge in [-0.2, -0.15) is 0 Å². The number of pyridine rings is 1. The number of carbonyl (C=O) groups is 2. The Bertz CT molecular complexity index is 821. The van der Waals surface area contributed by atoms with Crippen molar-refractivity contribution < 1.29 is 9.59 Å². The van der Waals surface area contributed by atoms with Crippen LogP contribution in [0.15, 0.2) is 54.7 Å². The molecule has 0 radical (unpaired) electrons. The van der Waals surface area contributed by atoms with E-state index in [1.54, 1.807) is 24.4 Å². The fourth-order valence-electron chi connectivity index (χ4n) is 2.86. The van der Waals surface area contributed by atoms with Gasteiger partial charge < -0.3 is 10.6 Å². The number of hydrogen-bond donors (Lipinski definition) is 2. The lowest BCUT2D eigenvalue weighted by Gasteiger charge is -2.11. The minimum atomic E-state index is -0.283. The van der Waals surface area contributed by atoms with Gasteiger partial charge in [-0.3, -0.25) is 14.6 Å². The third-order valence-electron chi connectivity index (χ3n) is 4.21. The van der Waals surface area contributed by atoms with E-state index in [2.05, 4.69) is 27.8 Å². The summed E-state index contributed by atoms with van der Waals surface area (Å²) >= 11 is 6.22. The van der Waals surface area contributed by atoms with Gasteiger partial charge in [0.15, 0.2) is 0 Å². The van der Waals surface area contributed by atoms with Gasteiger partial charge in [-0.15, -0.1) is 0 Å². The van der Waals surface area contributed by atoms with Crippen molar-refractivity contribution in [1.29, 1.82) is 0 Å². The zero-order valence-electron chi connectivity index (χ0n) is 14.2. The van der Waals surface area contributed by atoms with E-state index in [9.17, 15) is 9.59 Å². The molecule has 1 aliphatic carbocycles. The molecule has 1 unspecified atom stereocenters. The highest BCUT2D eigenvalue weighted by Gasteiger charge is 2.15. The first-order chi connectivity index (χ1) is 12.6. The third-order valence-corrected chi connectivity index (χ3v) is 4.53. The number of amides is 2. The molecule has 0 aliphatic heterocycles. The second kappa shape index (κ2) is 8.63. The lowest BCUT2D eigenvalue weighted by atomic mass is 10.0. The van der Waals surface area contributed by atoms with Crippen LogP contribution in [0.25, 0.3) is 0 Å². The van der Waals surface area contributed by atoms with Crippen LogP contribution in [0, 0.1) is 5.92 Å². The quantitative estimate of drug-likeness (QED) is 0.757. The summed E-state index contributed by atoms with van der Waals surface area (Å²) in [4.78, 5) is 28.5. The summed E-state index contributed by atoms with van der Waals surface area (Å²) in [5, 5.41) is 5.91. The van der Waals surface area contributed by atoms with E-state index in [-0.39, 0.29) is 11.8 Å². The highest BCUT2D eigenvalue weighted by molar-refractivity contribution is 6.34. The van der Waals surface area contributed by atoms with Gasteiger partial charge in [-0.05, 0) is 49.1 Å². The number of allylic oxidation sites excluding steroid dienone is 2. The van der Waals surface area contributed by atoms with E-state index in [1.807, 2.05) is 18.2 Å². The molecule has 3 rings (SSSR count). The van der Waals surface area contributed by atoms with Crippen molar-refractivity contribution in [2.45, 2.75) is 25.8 Å². The van der Waals surface area contributed by atoms with Crippen molar-refractivity contribution in [3.05, 3.63) is 71.0 Å². The first kappa shape index (κ1) is 18.1. The first-order valence-electron chi connectivity index (χ1n) is 8.56. The number of halogens is 1. The average molecular weight is 370 g/mol. The highest BCUT2D eigenvalue weighted by atomic mass is 35.5. The molecule has 2 aromatic rings. The predicted octanol–water partition coefficient (Wildman–Crippen LogP) is 3.96. The smallest absolute Gasteiger partial charge is 0.253 e. The number of hydrogen-bond acceptors (Lipinski definition) is 3. The molecule has 0 bridgehead atoms. The van der Waals surface area contributed by atoms with Crippen molar-refractivity contribution in [2.75, 3.05) is 5.32 Å². The Labute approximate surface area is 157 Å². The summed E-state index contributed by atoms with van der Waals surface area (Å²) in [5.74, 6) is -0.0262. The number of carbonyl (C=O) groups excluding carboxylic acids is 2. The summed E-state index contributed by atoms with van der Waals surface area (Å²) in [7, 11) is 0. The summed E-state index contributed by atoms with van der Waals surface area (Å²) < 4.78 is 0. The SMILES string of the molecule is O=C(CC1C=CCC1)Nc1ccc(C(=O)NCc2ccccn2)c(Cl)c1. The Morgan fingerprint density at radius 3 is 2.81 bits per heavy atom. The third kappa shape index (κ3) is 4.92. The topological polar surface area (TPSA) is 71.1 Å². The summed E-state index contributed by atoms with van der Waals surface area (Å²) in [5.41, 5.74) is 1.71. The summed E-state index contributed by atoms with van der Waals surface area (Å²) in [6.07, 6.45) is 8.37. The standard InChI is InChI=1S/C20H20ClN3O2/c21-18-12-15(24-19(25)11-14-5-1-2-6-14)8-9-17(18)20(26)23-13-16-7-3-4-10-22-16/h1,3-5,7-10,12,14H,2,6,11,13H2,(H,23,26)(H,24,25). The van der Waals surface area contributed by atoms with Crippen molar-refractivity contribution in [3.8, 4) is 0 Å². The van der Waals surface area contributed by atoms with Gasteiger partial charge in [0.2, 0.25) is 5.91 Å². The van der Waals surface area contributed by atoms with Crippen molar-refractivity contribution in [1.82, 2.24) is 10.3 Å². The van der Waals surface area contributed by atoms with E-state index in [0.29, 0.717) is 35.2 Å². The van der Waals surface area contributed by atoms with Crippen molar-refractivity contribution >= 4 is 29.1 Å². The Morgan fingerprint density at radius 2 is 2.12 bits per heavy atom. The molecule has 2 amide bonds. The van der Waals surface area contributed by atoms with Gasteiger partial charge in [0, 0.05) is 18.3 Å². The minimum Gasteiger partial charge on any atom is -0.346 e. The zero-order chi connectivity index (χ0) is 18.4. The molecule has 5 nitrogen and oxygen atoms in total. The van der Waals surface area contributed by atoms with E-state index in [4.69, 9.17) is 11.6 Å². The van der Waals surface area contributed by atoms with Gasteiger partial charge in [0.05, 0.1) is 22.8 Å². The van der Waals surface area contributed by atoms with Crippen LogP contribution in [0.4, 0.5) is 5.69 Å². The molecule has 1 aliphatic rings. The fraction of sp³-hybridized carbons (Fsp3) is 0.250. The van der Waals surface area contributed by atoms with E-state index < -0.39 is 0 Å². The van der Waals surface area contributed by atoms with Crippen LogP contribution >= 0.6 is 11.6 Å². The van der Waals surface area contributed by atoms with Crippen LogP contribution in [0.2, 0.25) is 5.02 Å². The molecule has 0 spiro atoms. The molecule has 0 saturated heterocycles. The molecular weight excluding hydrogens is 350 g/mol. The molecule has 1 heterocycles. The van der Waals surface area contributed by atoms with Gasteiger partial charge >= 0.3 is 0 Å². The predicted molar refractivity (Wildman–Crippen MR) is 102 cm³/mol. The number of nitrogens with zero attached hydrogens (tertiary/aromatic N) is 1. The van der Waals surface area contributed by atoms with Crippen molar-refractivity contribution in [3.63, 3.8) is 0 Å². The van der Waals surface area contributed by atoms with Gasteiger partial charge in [-0.1, -0.05) is 29.8 Å². The number of anilines is 1. The van der Waals surface area contributed by atoms with E-state index >= 15 is 0 Å². The number of aromatic nitrogens is 1. The molecular formula is C20H20ClN3O2. The Balaban J connectivity index is 1.57. The van der Waals surface area contributed by atoms with E-state index in [0.717, 1.165) is 18.5 Å². The van der Waals surface area contributed by atoms with Crippen LogP contribution in [0.1, 0.15) is 35.3 Å². The zero-order valence-corrected chi connectivity index (χ0v) is 15.0. The summed E-state index contributed by atoms with van der Waals surface area (Å²) in [6, 6.07) is 10.4. The summed E-state index contributed by atoms with van der Waals surface area (Å²) in [6.45, 7) is 0.323. The Kier molecular flexibility index (Phi) is 6.02. The maximum absolute atomic E-state index is 12.3. The first-order valence-corrected chi connectivity index (χ1v) is 8.94. The van der Waals surface area contributed by atoms with E-state index in [1.165, 1.54) is 0 Å². The maximum Gasteiger partial charge on any atom is 0.253 e. The van der Waals surface area contributed by atoms with Gasteiger partial charge in [0.25, 0.3) is 5.91 Å². The van der Waals surface area contributed by atoms with Gasteiger partial charge in [0.1, 0.15) is 0 Å². The molecule has 1 aromatic heterocycles. The molecule has 1 aromatic carbocycles. The second-order valence-electron chi connectivity index (χ2n) is 6.22. The lowest BCUT2D eigenvalue weighted by Crippen LogP contribution is -2.23. The second-order valence-corrected chi connectivity index (χ2v) is 6.62. The molecule has 0 saturated carbocycles. The molecule has 1 atom stereocenters. The fourth-order valence-corrected chi connectivity index (χ4v) is 3.13. The number of benzene rings is 1. The molecule has 26 heavy (non-hydrogen) atoms. The molecule has 134 valence electrons. The number of nitrogens with one attached hydrogen (secondary N) is 2. The van der Waals surface area contributed by atoms with Crippen LogP contribution in [0.3, 0.4) is 0 Å². The average Bonchev–Trinajstić information content (AvgIpc) is 3.13.